The smallest absolute Gasteiger partial charge is 0.0172 e. The minimum absolute atomic E-state index is 0.955. The molecule has 0 spiro atoms. The first-order chi connectivity index (χ1) is 7.09. The van der Waals surface area contributed by atoms with E-state index in [1.807, 2.05) is 0 Å². The Hall–Kier alpha value is -0.520. The minimum Gasteiger partial charge on any atom is -0.0744 e. The standard InChI is InChI=1S/C15H24/c1-10-5-6-12(3)13(4)15-9-14(15)8-7-11(10)2/h14-15H,5-9H2,1-4H3. The molecule has 84 valence electrons. The molecule has 0 bridgehead atoms. The van der Waals surface area contributed by atoms with E-state index in [-0.39, 0.29) is 0 Å². The van der Waals surface area contributed by atoms with Gasteiger partial charge < -0.3 is 0 Å². The van der Waals surface area contributed by atoms with Gasteiger partial charge in [-0.05, 0) is 71.6 Å². The lowest BCUT2D eigenvalue weighted by Crippen LogP contribution is -1.96. The Kier molecular flexibility index (Phi) is 3.04. The topological polar surface area (TPSA) is 0 Å². The van der Waals surface area contributed by atoms with Gasteiger partial charge in [0.15, 0.2) is 0 Å². The summed E-state index contributed by atoms with van der Waals surface area (Å²) in [5, 5.41) is 0. The second-order valence-electron chi connectivity index (χ2n) is 5.66. The highest BCUT2D eigenvalue weighted by Crippen LogP contribution is 2.49. The van der Waals surface area contributed by atoms with E-state index in [0.29, 0.717) is 0 Å². The molecule has 0 heterocycles. The molecule has 0 nitrogen and oxygen atoms in total. The molecule has 0 aromatic rings. The predicted octanol–water partition coefficient (Wildman–Crippen LogP) is 4.87. The molecule has 1 saturated carbocycles. The van der Waals surface area contributed by atoms with Crippen molar-refractivity contribution in [3.8, 4) is 0 Å². The summed E-state index contributed by atoms with van der Waals surface area (Å²) in [4.78, 5) is 0. The van der Waals surface area contributed by atoms with E-state index in [1.165, 1.54) is 32.1 Å². The van der Waals surface area contributed by atoms with Gasteiger partial charge in [0.1, 0.15) is 0 Å². The van der Waals surface area contributed by atoms with E-state index in [0.717, 1.165) is 11.8 Å². The predicted molar refractivity (Wildman–Crippen MR) is 66.8 cm³/mol. The average Bonchev–Trinajstić information content (AvgIpc) is 2.99. The van der Waals surface area contributed by atoms with Gasteiger partial charge in [0.2, 0.25) is 0 Å². The maximum Gasteiger partial charge on any atom is -0.0172 e. The van der Waals surface area contributed by atoms with Gasteiger partial charge in [-0.2, -0.15) is 0 Å². The fourth-order valence-electron chi connectivity index (χ4n) is 2.81. The summed E-state index contributed by atoms with van der Waals surface area (Å²) in [5.41, 5.74) is 6.68. The Morgan fingerprint density at radius 3 is 2.13 bits per heavy atom. The van der Waals surface area contributed by atoms with Crippen molar-refractivity contribution in [1.29, 1.82) is 0 Å². The third-order valence-electron chi connectivity index (χ3n) is 4.65. The monoisotopic (exact) mass is 204 g/mol. The van der Waals surface area contributed by atoms with Crippen molar-refractivity contribution in [3.05, 3.63) is 22.3 Å². The summed E-state index contributed by atoms with van der Waals surface area (Å²) in [6.45, 7) is 9.37. The molecule has 2 aliphatic rings. The zero-order chi connectivity index (χ0) is 11.0. The lowest BCUT2D eigenvalue weighted by Gasteiger charge is -2.13. The largest absolute Gasteiger partial charge is 0.0744 e. The molecule has 15 heavy (non-hydrogen) atoms. The Balaban J connectivity index is 2.16. The fourth-order valence-corrected chi connectivity index (χ4v) is 2.81. The van der Waals surface area contributed by atoms with Gasteiger partial charge in [-0.3, -0.25) is 0 Å². The summed E-state index contributed by atoms with van der Waals surface area (Å²) in [6, 6.07) is 0. The fraction of sp³-hybridized carbons (Fsp3) is 0.733. The molecule has 0 aromatic carbocycles. The number of fused-ring (bicyclic) bond motifs is 1. The summed E-state index contributed by atoms with van der Waals surface area (Å²) in [5.74, 6) is 1.97. The summed E-state index contributed by atoms with van der Waals surface area (Å²) in [7, 11) is 0. The van der Waals surface area contributed by atoms with Gasteiger partial charge in [0, 0.05) is 0 Å². The van der Waals surface area contributed by atoms with Crippen LogP contribution in [0.1, 0.15) is 59.8 Å². The van der Waals surface area contributed by atoms with E-state index in [2.05, 4.69) is 27.7 Å². The third-order valence-corrected chi connectivity index (χ3v) is 4.65. The van der Waals surface area contributed by atoms with Crippen molar-refractivity contribution in [3.63, 3.8) is 0 Å². The van der Waals surface area contributed by atoms with Crippen molar-refractivity contribution in [2.45, 2.75) is 59.8 Å². The number of hydrogen-bond acceptors (Lipinski definition) is 0. The third kappa shape index (κ3) is 2.35. The van der Waals surface area contributed by atoms with E-state index in [4.69, 9.17) is 0 Å². The molecule has 2 aliphatic carbocycles. The van der Waals surface area contributed by atoms with E-state index in [9.17, 15) is 0 Å². The zero-order valence-electron chi connectivity index (χ0n) is 10.7. The summed E-state index contributed by atoms with van der Waals surface area (Å²) >= 11 is 0. The van der Waals surface area contributed by atoms with Crippen LogP contribution in [-0.4, -0.2) is 0 Å². The van der Waals surface area contributed by atoms with Crippen LogP contribution in [0.4, 0.5) is 0 Å². The van der Waals surface area contributed by atoms with Gasteiger partial charge in [-0.25, -0.2) is 0 Å². The van der Waals surface area contributed by atoms with Crippen LogP contribution < -0.4 is 0 Å². The van der Waals surface area contributed by atoms with Gasteiger partial charge in [-0.1, -0.05) is 22.3 Å². The maximum atomic E-state index is 2.37. The molecule has 0 aliphatic heterocycles. The Bertz CT molecular complexity index is 317. The molecule has 0 amide bonds. The molecule has 0 saturated heterocycles. The average molecular weight is 204 g/mol. The molecule has 2 rings (SSSR count). The van der Waals surface area contributed by atoms with Crippen LogP contribution >= 0.6 is 0 Å². The van der Waals surface area contributed by atoms with E-state index < -0.39 is 0 Å². The Morgan fingerprint density at radius 2 is 1.40 bits per heavy atom. The van der Waals surface area contributed by atoms with Crippen LogP contribution in [0.3, 0.4) is 0 Å². The SMILES string of the molecule is CC1=C(C)CCC2CC2C(C)=C(C)CC1. The zero-order valence-corrected chi connectivity index (χ0v) is 10.7. The Labute approximate surface area is 94.5 Å². The van der Waals surface area contributed by atoms with Gasteiger partial charge in [-0.15, -0.1) is 0 Å². The number of hydrogen-bond donors (Lipinski definition) is 0. The first-order valence-electron chi connectivity index (χ1n) is 6.41. The van der Waals surface area contributed by atoms with Crippen molar-refractivity contribution in [2.75, 3.05) is 0 Å². The van der Waals surface area contributed by atoms with Gasteiger partial charge in [0.25, 0.3) is 0 Å². The van der Waals surface area contributed by atoms with Crippen LogP contribution in [0.25, 0.3) is 0 Å². The molecule has 0 radical (unpaired) electrons. The number of allylic oxidation sites excluding steroid dienone is 4. The molecule has 2 unspecified atom stereocenters. The maximum absolute atomic E-state index is 2.37. The molecule has 1 fully saturated rings. The van der Waals surface area contributed by atoms with Crippen molar-refractivity contribution < 1.29 is 0 Å². The van der Waals surface area contributed by atoms with E-state index >= 15 is 0 Å². The second-order valence-corrected chi connectivity index (χ2v) is 5.66. The van der Waals surface area contributed by atoms with Crippen LogP contribution in [-0.2, 0) is 0 Å². The van der Waals surface area contributed by atoms with Crippen molar-refractivity contribution in [1.82, 2.24) is 0 Å². The van der Waals surface area contributed by atoms with Crippen molar-refractivity contribution >= 4 is 0 Å². The van der Waals surface area contributed by atoms with Crippen LogP contribution in [0.5, 0.6) is 0 Å². The molecule has 0 N–H and O–H groups in total. The molecular weight excluding hydrogens is 180 g/mol. The van der Waals surface area contributed by atoms with Crippen LogP contribution in [0, 0.1) is 11.8 Å². The number of rotatable bonds is 0. The lowest BCUT2D eigenvalue weighted by molar-refractivity contribution is 0.661. The Morgan fingerprint density at radius 1 is 0.800 bits per heavy atom. The molecule has 0 heteroatoms. The normalized spacial score (nSPS) is 32.8. The van der Waals surface area contributed by atoms with Crippen molar-refractivity contribution in [2.24, 2.45) is 11.8 Å². The van der Waals surface area contributed by atoms with Crippen LogP contribution in [0.15, 0.2) is 22.3 Å². The first-order valence-corrected chi connectivity index (χ1v) is 6.41. The minimum atomic E-state index is 0.955. The molecule has 2 atom stereocenters. The highest BCUT2D eigenvalue weighted by Gasteiger charge is 2.38. The lowest BCUT2D eigenvalue weighted by atomic mass is 9.93. The van der Waals surface area contributed by atoms with Gasteiger partial charge >= 0.3 is 0 Å². The molecular formula is C15H24. The van der Waals surface area contributed by atoms with E-state index in [1.54, 1.807) is 22.3 Å². The van der Waals surface area contributed by atoms with Gasteiger partial charge in [0.05, 0.1) is 0 Å². The first kappa shape index (κ1) is 11.0. The molecule has 0 aromatic heterocycles. The highest BCUT2D eigenvalue weighted by molar-refractivity contribution is 5.23. The van der Waals surface area contributed by atoms with Crippen LogP contribution in [0.2, 0.25) is 0 Å². The second kappa shape index (κ2) is 4.15. The quantitative estimate of drug-likeness (QED) is 0.494. The summed E-state index contributed by atoms with van der Waals surface area (Å²) < 4.78 is 0. The highest BCUT2D eigenvalue weighted by atomic mass is 14.4. The summed E-state index contributed by atoms with van der Waals surface area (Å²) in [6.07, 6.45) is 6.82.